The lowest BCUT2D eigenvalue weighted by Gasteiger charge is -2.22. The topological polar surface area (TPSA) is 74.8 Å². The Morgan fingerprint density at radius 3 is 2.43 bits per heavy atom. The predicted molar refractivity (Wildman–Crippen MR) is 119 cm³/mol. The van der Waals surface area contributed by atoms with Crippen molar-refractivity contribution in [3.8, 4) is 0 Å². The third-order valence-corrected chi connectivity index (χ3v) is 7.40. The van der Waals surface area contributed by atoms with Gasteiger partial charge in [-0.1, -0.05) is 6.07 Å². The molecule has 0 fully saturated rings. The van der Waals surface area contributed by atoms with Crippen molar-refractivity contribution in [3.63, 3.8) is 0 Å². The molecule has 1 aliphatic rings. The summed E-state index contributed by atoms with van der Waals surface area (Å²) in [6, 6.07) is 10.7. The number of aryl methyl sites for hydroxylation is 2. The number of nitrogens with zero attached hydrogens (tertiary/aromatic N) is 2. The second-order valence-electron chi connectivity index (χ2n) is 7.69. The Balaban J connectivity index is 1.73. The smallest absolute Gasteiger partial charge is 0.228 e. The van der Waals surface area contributed by atoms with Gasteiger partial charge < -0.3 is 9.80 Å². The number of amides is 2. The van der Waals surface area contributed by atoms with Crippen molar-refractivity contribution >= 4 is 33.0 Å². The molecule has 0 unspecified atom stereocenters. The number of benzene rings is 2. The van der Waals surface area contributed by atoms with Gasteiger partial charge in [0.1, 0.15) is 0 Å². The van der Waals surface area contributed by atoms with Gasteiger partial charge in [0, 0.05) is 37.8 Å². The first-order chi connectivity index (χ1) is 14.1. The summed E-state index contributed by atoms with van der Waals surface area (Å²) < 4.78 is 25.7. The molecule has 0 atom stereocenters. The summed E-state index contributed by atoms with van der Waals surface area (Å²) in [4.78, 5) is 27.9. The summed E-state index contributed by atoms with van der Waals surface area (Å²) in [6.07, 6.45) is 0.549. The van der Waals surface area contributed by atoms with Crippen molar-refractivity contribution in [2.24, 2.45) is 0 Å². The van der Waals surface area contributed by atoms with Crippen LogP contribution in [-0.4, -0.2) is 39.1 Å². The SMILES string of the molecule is CCN(C(=O)CCS(=O)(=O)c1ccc2c(c1)CCN2C(C)=O)c1ccc(C)c(C)c1. The largest absolute Gasteiger partial charge is 0.313 e. The molecular weight excluding hydrogens is 400 g/mol. The van der Waals surface area contributed by atoms with Crippen molar-refractivity contribution in [2.75, 3.05) is 28.6 Å². The molecule has 0 radical (unpaired) electrons. The maximum absolute atomic E-state index is 12.8. The van der Waals surface area contributed by atoms with Gasteiger partial charge in [0.2, 0.25) is 11.8 Å². The van der Waals surface area contributed by atoms with Crippen molar-refractivity contribution in [3.05, 3.63) is 53.1 Å². The van der Waals surface area contributed by atoms with Crippen LogP contribution < -0.4 is 9.80 Å². The minimum Gasteiger partial charge on any atom is -0.313 e. The van der Waals surface area contributed by atoms with Crippen LogP contribution in [0.15, 0.2) is 41.3 Å². The molecule has 0 aromatic heterocycles. The van der Waals surface area contributed by atoms with E-state index in [4.69, 9.17) is 0 Å². The molecule has 0 N–H and O–H groups in total. The molecule has 3 rings (SSSR count). The van der Waals surface area contributed by atoms with Crippen molar-refractivity contribution in [2.45, 2.75) is 45.4 Å². The van der Waals surface area contributed by atoms with Crippen LogP contribution in [0, 0.1) is 13.8 Å². The number of rotatable bonds is 6. The number of fused-ring (bicyclic) bond motifs is 1. The van der Waals surface area contributed by atoms with E-state index in [-0.39, 0.29) is 28.9 Å². The van der Waals surface area contributed by atoms with Crippen LogP contribution in [0.5, 0.6) is 0 Å². The Morgan fingerprint density at radius 2 is 1.80 bits per heavy atom. The van der Waals surface area contributed by atoms with E-state index >= 15 is 0 Å². The highest BCUT2D eigenvalue weighted by Gasteiger charge is 2.26. The Morgan fingerprint density at radius 1 is 1.07 bits per heavy atom. The van der Waals surface area contributed by atoms with E-state index in [9.17, 15) is 18.0 Å². The van der Waals surface area contributed by atoms with E-state index in [2.05, 4.69) is 0 Å². The first-order valence-corrected chi connectivity index (χ1v) is 11.8. The Kier molecular flexibility index (Phi) is 6.31. The lowest BCUT2D eigenvalue weighted by Crippen LogP contribution is -2.32. The molecule has 1 heterocycles. The Bertz CT molecular complexity index is 1090. The van der Waals surface area contributed by atoms with Crippen molar-refractivity contribution in [1.29, 1.82) is 0 Å². The van der Waals surface area contributed by atoms with E-state index in [0.717, 1.165) is 28.1 Å². The highest BCUT2D eigenvalue weighted by Crippen LogP contribution is 2.30. The normalized spacial score (nSPS) is 13.3. The molecular formula is C23H28N2O4S. The third kappa shape index (κ3) is 4.41. The second-order valence-corrected chi connectivity index (χ2v) is 9.80. The number of hydrogen-bond donors (Lipinski definition) is 0. The lowest BCUT2D eigenvalue weighted by atomic mass is 10.1. The fourth-order valence-electron chi connectivity index (χ4n) is 3.77. The van der Waals surface area contributed by atoms with E-state index in [1.165, 1.54) is 13.0 Å². The van der Waals surface area contributed by atoms with Crippen LogP contribution in [0.4, 0.5) is 11.4 Å². The van der Waals surface area contributed by atoms with Crippen LogP contribution >= 0.6 is 0 Å². The van der Waals surface area contributed by atoms with Gasteiger partial charge in [-0.3, -0.25) is 9.59 Å². The lowest BCUT2D eigenvalue weighted by molar-refractivity contribution is -0.118. The highest BCUT2D eigenvalue weighted by molar-refractivity contribution is 7.91. The molecule has 30 heavy (non-hydrogen) atoms. The molecule has 0 spiro atoms. The number of anilines is 2. The van der Waals surface area contributed by atoms with Gasteiger partial charge in [-0.15, -0.1) is 0 Å². The third-order valence-electron chi connectivity index (χ3n) is 5.69. The number of sulfone groups is 1. The summed E-state index contributed by atoms with van der Waals surface area (Å²) in [5, 5.41) is 0. The summed E-state index contributed by atoms with van der Waals surface area (Å²) in [6.45, 7) is 8.41. The number of hydrogen-bond acceptors (Lipinski definition) is 4. The van der Waals surface area contributed by atoms with E-state index in [1.54, 1.807) is 21.9 Å². The van der Waals surface area contributed by atoms with Crippen LogP contribution in [0.2, 0.25) is 0 Å². The second kappa shape index (κ2) is 8.60. The fraction of sp³-hybridized carbons (Fsp3) is 0.391. The van der Waals surface area contributed by atoms with Gasteiger partial charge in [-0.2, -0.15) is 0 Å². The maximum Gasteiger partial charge on any atom is 0.228 e. The van der Waals surface area contributed by atoms with Crippen LogP contribution in [0.25, 0.3) is 0 Å². The number of carbonyl (C=O) groups is 2. The summed E-state index contributed by atoms with van der Waals surface area (Å²) >= 11 is 0. The van der Waals surface area contributed by atoms with E-state index < -0.39 is 9.84 Å². The van der Waals surface area contributed by atoms with Gasteiger partial charge in [-0.25, -0.2) is 8.42 Å². The Labute approximate surface area is 178 Å². The zero-order chi connectivity index (χ0) is 22.1. The maximum atomic E-state index is 12.8. The summed E-state index contributed by atoms with van der Waals surface area (Å²) in [7, 11) is -3.60. The predicted octanol–water partition coefficient (Wildman–Crippen LogP) is 3.43. The fourth-order valence-corrected chi connectivity index (χ4v) is 5.05. The molecule has 0 saturated carbocycles. The average Bonchev–Trinajstić information content (AvgIpc) is 3.13. The van der Waals surface area contributed by atoms with Crippen molar-refractivity contribution in [1.82, 2.24) is 0 Å². The molecule has 2 aromatic rings. The van der Waals surface area contributed by atoms with Gasteiger partial charge in [0.25, 0.3) is 0 Å². The number of carbonyl (C=O) groups excluding carboxylic acids is 2. The van der Waals surface area contributed by atoms with Gasteiger partial charge in [0.05, 0.1) is 10.6 Å². The van der Waals surface area contributed by atoms with Crippen LogP contribution in [0.1, 0.15) is 37.0 Å². The molecule has 0 bridgehead atoms. The van der Waals surface area contributed by atoms with Crippen LogP contribution in [0.3, 0.4) is 0 Å². The monoisotopic (exact) mass is 428 g/mol. The van der Waals surface area contributed by atoms with Gasteiger partial charge in [-0.05, 0) is 74.2 Å². The summed E-state index contributed by atoms with van der Waals surface area (Å²) in [5.41, 5.74) is 4.63. The van der Waals surface area contributed by atoms with Gasteiger partial charge >= 0.3 is 0 Å². The average molecular weight is 429 g/mol. The van der Waals surface area contributed by atoms with Crippen LogP contribution in [-0.2, 0) is 25.8 Å². The van der Waals surface area contributed by atoms with E-state index in [1.807, 2.05) is 39.0 Å². The Hall–Kier alpha value is -2.67. The molecule has 160 valence electrons. The molecule has 2 amide bonds. The molecule has 0 saturated heterocycles. The zero-order valence-electron chi connectivity index (χ0n) is 17.9. The first-order valence-electron chi connectivity index (χ1n) is 10.2. The van der Waals surface area contributed by atoms with Crippen molar-refractivity contribution < 1.29 is 18.0 Å². The van der Waals surface area contributed by atoms with Gasteiger partial charge in [0.15, 0.2) is 9.84 Å². The molecule has 0 aliphatic carbocycles. The molecule has 2 aromatic carbocycles. The van der Waals surface area contributed by atoms with E-state index in [0.29, 0.717) is 19.5 Å². The highest BCUT2D eigenvalue weighted by atomic mass is 32.2. The minimum atomic E-state index is -3.60. The zero-order valence-corrected chi connectivity index (χ0v) is 18.8. The standard InChI is InChI=1S/C23H28N2O4S/c1-5-24(20-7-6-16(2)17(3)14-20)23(27)11-13-30(28,29)21-8-9-22-19(15-21)10-12-25(22)18(4)26/h6-9,14-15H,5,10-13H2,1-4H3. The summed E-state index contributed by atoms with van der Waals surface area (Å²) in [5.74, 6) is -0.517. The molecule has 6 nitrogen and oxygen atoms in total. The molecule has 1 aliphatic heterocycles. The quantitative estimate of drug-likeness (QED) is 0.706. The first kappa shape index (κ1) is 22.0. The minimum absolute atomic E-state index is 0.0547. The molecule has 7 heteroatoms.